The third-order valence-electron chi connectivity index (χ3n) is 3.67. The van der Waals surface area contributed by atoms with Crippen LogP contribution in [0, 0.1) is 0 Å². The van der Waals surface area contributed by atoms with Gasteiger partial charge < -0.3 is 16.0 Å². The lowest BCUT2D eigenvalue weighted by Crippen LogP contribution is -2.57. The molecule has 1 saturated heterocycles. The summed E-state index contributed by atoms with van der Waals surface area (Å²) in [7, 11) is 1.89. The van der Waals surface area contributed by atoms with Gasteiger partial charge in [0.05, 0.1) is 17.6 Å². The van der Waals surface area contributed by atoms with Gasteiger partial charge in [0.2, 0.25) is 0 Å². The molecular formula is C13H15F3N6. The molecule has 3 rings (SSSR count). The molecular weight excluding hydrogens is 297 g/mol. The maximum absolute atomic E-state index is 12.5. The van der Waals surface area contributed by atoms with Crippen molar-refractivity contribution in [2.45, 2.75) is 12.3 Å². The summed E-state index contributed by atoms with van der Waals surface area (Å²) in [6, 6.07) is 3.84. The van der Waals surface area contributed by atoms with Crippen LogP contribution >= 0.6 is 0 Å². The second-order valence-corrected chi connectivity index (χ2v) is 5.13. The molecule has 0 saturated carbocycles. The van der Waals surface area contributed by atoms with E-state index in [1.54, 1.807) is 12.1 Å². The minimum atomic E-state index is -4.54. The lowest BCUT2D eigenvalue weighted by atomic mass is 10.1. The normalized spacial score (nSPS) is 15.9. The Balaban J connectivity index is 1.82. The van der Waals surface area contributed by atoms with Crippen molar-refractivity contribution < 1.29 is 13.2 Å². The average molecular weight is 312 g/mol. The lowest BCUT2D eigenvalue weighted by Gasteiger charge is -2.41. The fraction of sp³-hybridized carbons (Fsp3) is 0.385. The molecule has 2 aromatic heterocycles. The van der Waals surface area contributed by atoms with Crippen LogP contribution in [0.2, 0.25) is 0 Å². The van der Waals surface area contributed by atoms with Crippen molar-refractivity contribution in [3.8, 4) is 11.3 Å². The number of pyridine rings is 1. The number of nitrogen functional groups attached to an aromatic ring is 1. The fourth-order valence-electron chi connectivity index (χ4n) is 2.35. The van der Waals surface area contributed by atoms with E-state index in [-0.39, 0.29) is 10.2 Å². The molecule has 0 aliphatic carbocycles. The smallest absolute Gasteiger partial charge is 0.382 e. The molecule has 1 fully saturated rings. The van der Waals surface area contributed by atoms with Crippen LogP contribution in [-0.4, -0.2) is 40.9 Å². The Morgan fingerprint density at radius 1 is 1.32 bits per heavy atom. The monoisotopic (exact) mass is 312 g/mol. The third-order valence-corrected chi connectivity index (χ3v) is 3.67. The maximum atomic E-state index is 12.5. The highest BCUT2D eigenvalue weighted by Gasteiger charge is 2.32. The minimum Gasteiger partial charge on any atom is -0.382 e. The first kappa shape index (κ1) is 14.6. The van der Waals surface area contributed by atoms with E-state index < -0.39 is 6.30 Å². The van der Waals surface area contributed by atoms with Gasteiger partial charge in [-0.3, -0.25) is 0 Å². The summed E-state index contributed by atoms with van der Waals surface area (Å²) in [4.78, 5) is 6.25. The number of rotatable bonds is 3. The van der Waals surface area contributed by atoms with Crippen molar-refractivity contribution in [3.63, 3.8) is 0 Å². The Kier molecular flexibility index (Phi) is 3.44. The second kappa shape index (κ2) is 5.16. The van der Waals surface area contributed by atoms with Gasteiger partial charge in [-0.1, -0.05) is 0 Å². The molecule has 1 aliphatic rings. The van der Waals surface area contributed by atoms with Gasteiger partial charge in [-0.25, -0.2) is 4.98 Å². The number of aromatic nitrogens is 3. The molecule has 9 heteroatoms. The summed E-state index contributed by atoms with van der Waals surface area (Å²) >= 11 is 0. The molecule has 0 amide bonds. The molecule has 6 nitrogen and oxygen atoms in total. The van der Waals surface area contributed by atoms with E-state index in [2.05, 4.69) is 20.3 Å². The summed E-state index contributed by atoms with van der Waals surface area (Å²) in [5.74, 6) is 0.298. The van der Waals surface area contributed by atoms with Crippen LogP contribution in [0.1, 0.15) is 0 Å². The second-order valence-electron chi connectivity index (χ2n) is 5.13. The van der Waals surface area contributed by atoms with Gasteiger partial charge in [0.15, 0.2) is 0 Å². The van der Waals surface area contributed by atoms with Crippen LogP contribution in [0.3, 0.4) is 0 Å². The molecule has 1 aliphatic heterocycles. The SMILES string of the molecule is CNC1CN(c2ccc(-c3cnn(C(F)(F)F)c3)nc2N)C1. The first-order chi connectivity index (χ1) is 10.4. The van der Waals surface area contributed by atoms with Gasteiger partial charge in [-0.15, -0.1) is 13.2 Å². The summed E-state index contributed by atoms with van der Waals surface area (Å²) < 4.78 is 37.5. The van der Waals surface area contributed by atoms with Gasteiger partial charge in [-0.2, -0.15) is 9.78 Å². The average Bonchev–Trinajstić information content (AvgIpc) is 2.88. The Labute approximate surface area is 124 Å². The van der Waals surface area contributed by atoms with E-state index in [4.69, 9.17) is 5.73 Å². The van der Waals surface area contributed by atoms with E-state index >= 15 is 0 Å². The molecule has 3 N–H and O–H groups in total. The number of nitrogens with one attached hydrogen (secondary N) is 1. The van der Waals surface area contributed by atoms with E-state index in [0.717, 1.165) is 31.2 Å². The molecule has 3 heterocycles. The summed E-state index contributed by atoms with van der Waals surface area (Å²) in [5.41, 5.74) is 7.35. The maximum Gasteiger partial charge on any atom is 0.504 e. The number of halogens is 3. The summed E-state index contributed by atoms with van der Waals surface area (Å²) in [6.45, 7) is 1.65. The Bertz CT molecular complexity index is 675. The van der Waals surface area contributed by atoms with E-state index in [0.29, 0.717) is 17.6 Å². The summed E-state index contributed by atoms with van der Waals surface area (Å²) in [6.07, 6.45) is -2.53. The first-order valence-electron chi connectivity index (χ1n) is 6.69. The molecule has 22 heavy (non-hydrogen) atoms. The van der Waals surface area contributed by atoms with Crippen molar-refractivity contribution in [2.24, 2.45) is 0 Å². The van der Waals surface area contributed by atoms with Crippen LogP contribution in [0.25, 0.3) is 11.3 Å². The lowest BCUT2D eigenvalue weighted by molar-refractivity contribution is -0.212. The Hall–Kier alpha value is -2.29. The number of nitrogens with zero attached hydrogens (tertiary/aromatic N) is 4. The van der Waals surface area contributed by atoms with E-state index in [1.807, 2.05) is 7.05 Å². The molecule has 2 aromatic rings. The topological polar surface area (TPSA) is 72.0 Å². The molecule has 0 radical (unpaired) electrons. The predicted molar refractivity (Wildman–Crippen MR) is 76.2 cm³/mol. The predicted octanol–water partition coefficient (Wildman–Crippen LogP) is 1.41. The number of hydrogen-bond donors (Lipinski definition) is 2. The highest BCUT2D eigenvalue weighted by Crippen LogP contribution is 2.30. The number of hydrogen-bond acceptors (Lipinski definition) is 5. The Morgan fingerprint density at radius 3 is 2.59 bits per heavy atom. The third kappa shape index (κ3) is 2.59. The van der Waals surface area contributed by atoms with Gasteiger partial charge >= 0.3 is 6.30 Å². The molecule has 0 unspecified atom stereocenters. The van der Waals surface area contributed by atoms with Crippen LogP contribution in [0.15, 0.2) is 24.5 Å². The molecule has 0 spiro atoms. The van der Waals surface area contributed by atoms with E-state index in [9.17, 15) is 13.2 Å². The molecule has 0 atom stereocenters. The van der Waals surface area contributed by atoms with Gasteiger partial charge in [0, 0.05) is 30.9 Å². The van der Waals surface area contributed by atoms with Crippen molar-refractivity contribution in [2.75, 3.05) is 30.8 Å². The quantitative estimate of drug-likeness (QED) is 0.896. The van der Waals surface area contributed by atoms with Crippen molar-refractivity contribution >= 4 is 11.5 Å². The Morgan fingerprint density at radius 2 is 2.05 bits per heavy atom. The van der Waals surface area contributed by atoms with Crippen LogP contribution < -0.4 is 16.0 Å². The van der Waals surface area contributed by atoms with Crippen molar-refractivity contribution in [3.05, 3.63) is 24.5 Å². The van der Waals surface area contributed by atoms with Crippen LogP contribution in [-0.2, 0) is 6.30 Å². The standard InChI is InChI=1S/C13H15F3N6/c1-18-9-6-21(7-9)11-3-2-10(20-12(11)17)8-4-19-22(5-8)13(14,15)16/h2-5,9,18H,6-7H2,1H3,(H2,17,20). The zero-order valence-electron chi connectivity index (χ0n) is 11.8. The summed E-state index contributed by atoms with van der Waals surface area (Å²) in [5, 5.41) is 6.45. The minimum absolute atomic E-state index is 0.0545. The van der Waals surface area contributed by atoms with Gasteiger partial charge in [-0.05, 0) is 19.2 Å². The first-order valence-corrected chi connectivity index (χ1v) is 6.69. The largest absolute Gasteiger partial charge is 0.504 e. The number of alkyl halides is 3. The fourth-order valence-corrected chi connectivity index (χ4v) is 2.35. The zero-order valence-corrected chi connectivity index (χ0v) is 11.8. The van der Waals surface area contributed by atoms with Crippen molar-refractivity contribution in [1.82, 2.24) is 20.1 Å². The van der Waals surface area contributed by atoms with Crippen LogP contribution in [0.5, 0.6) is 0 Å². The van der Waals surface area contributed by atoms with E-state index in [1.165, 1.54) is 0 Å². The number of likely N-dealkylation sites (N-methyl/N-ethyl adjacent to an activating group) is 1. The molecule has 118 valence electrons. The highest BCUT2D eigenvalue weighted by molar-refractivity contribution is 5.70. The number of nitrogens with two attached hydrogens (primary N) is 1. The van der Waals surface area contributed by atoms with Crippen molar-refractivity contribution in [1.29, 1.82) is 0 Å². The zero-order chi connectivity index (χ0) is 15.9. The highest BCUT2D eigenvalue weighted by atomic mass is 19.4. The van der Waals surface area contributed by atoms with Gasteiger partial charge in [0.1, 0.15) is 5.82 Å². The van der Waals surface area contributed by atoms with Gasteiger partial charge in [0.25, 0.3) is 0 Å². The molecule has 0 aromatic carbocycles. The van der Waals surface area contributed by atoms with Crippen LogP contribution in [0.4, 0.5) is 24.7 Å². The molecule has 0 bridgehead atoms. The number of anilines is 2.